The number of hydrogen-bond donors (Lipinski definition) is 0. The number of amides is 1. The fourth-order valence-electron chi connectivity index (χ4n) is 2.38. The van der Waals surface area contributed by atoms with Crippen LogP contribution in [0.4, 0.5) is 0 Å². The van der Waals surface area contributed by atoms with Crippen molar-refractivity contribution in [2.24, 2.45) is 0 Å². The zero-order valence-corrected chi connectivity index (χ0v) is 14.4. The third kappa shape index (κ3) is 4.41. The number of rotatable bonds is 7. The predicted octanol–water partition coefficient (Wildman–Crippen LogP) is 4.21. The van der Waals surface area contributed by atoms with Gasteiger partial charge in [0.15, 0.2) is 0 Å². The third-order valence-corrected chi connectivity index (χ3v) is 5.11. The van der Waals surface area contributed by atoms with Crippen molar-refractivity contribution in [1.29, 1.82) is 0 Å². The van der Waals surface area contributed by atoms with Crippen molar-refractivity contribution >= 4 is 17.2 Å². The van der Waals surface area contributed by atoms with E-state index in [0.29, 0.717) is 6.42 Å². The Balaban J connectivity index is 2.01. The van der Waals surface area contributed by atoms with Gasteiger partial charge in [-0.15, -0.1) is 11.3 Å². The first-order chi connectivity index (χ1) is 10.6. The second kappa shape index (κ2) is 8.08. The minimum absolute atomic E-state index is 0.235. The summed E-state index contributed by atoms with van der Waals surface area (Å²) in [5.74, 6) is 0.235. The topological polar surface area (TPSA) is 33.2 Å². The summed E-state index contributed by atoms with van der Waals surface area (Å²) in [4.78, 5) is 20.0. The van der Waals surface area contributed by atoms with E-state index in [0.717, 1.165) is 19.4 Å². The summed E-state index contributed by atoms with van der Waals surface area (Å²) in [5, 5.41) is 2.10. The summed E-state index contributed by atoms with van der Waals surface area (Å²) < 4.78 is 0. The van der Waals surface area contributed by atoms with Gasteiger partial charge in [0, 0.05) is 29.7 Å². The summed E-state index contributed by atoms with van der Waals surface area (Å²) in [6.07, 6.45) is 5.87. The lowest BCUT2D eigenvalue weighted by Gasteiger charge is -2.28. The monoisotopic (exact) mass is 316 g/mol. The normalized spacial score (nSPS) is 12.1. The Morgan fingerprint density at radius 3 is 2.64 bits per heavy atom. The molecule has 2 aromatic rings. The van der Waals surface area contributed by atoms with Crippen LogP contribution in [0.2, 0.25) is 0 Å². The van der Waals surface area contributed by atoms with E-state index >= 15 is 0 Å². The van der Waals surface area contributed by atoms with Crippen LogP contribution in [-0.2, 0) is 17.8 Å². The van der Waals surface area contributed by atoms with Gasteiger partial charge in [-0.2, -0.15) is 0 Å². The Morgan fingerprint density at radius 1 is 1.32 bits per heavy atom. The molecular weight excluding hydrogens is 292 g/mol. The van der Waals surface area contributed by atoms with E-state index in [1.165, 1.54) is 16.0 Å². The van der Waals surface area contributed by atoms with Crippen molar-refractivity contribution in [3.05, 3.63) is 52.0 Å². The molecule has 2 heterocycles. The van der Waals surface area contributed by atoms with Crippen LogP contribution < -0.4 is 0 Å². The Bertz CT molecular complexity index is 594. The molecule has 0 aliphatic heterocycles. The first-order valence-electron chi connectivity index (χ1n) is 7.83. The fourth-order valence-corrected chi connectivity index (χ4v) is 3.28. The Morgan fingerprint density at radius 2 is 2.05 bits per heavy atom. The number of nitrogens with zero attached hydrogens (tertiary/aromatic N) is 2. The summed E-state index contributed by atoms with van der Waals surface area (Å²) in [6, 6.07) is 6.34. The van der Waals surface area contributed by atoms with Gasteiger partial charge >= 0.3 is 0 Å². The number of pyridine rings is 1. The highest BCUT2D eigenvalue weighted by Crippen LogP contribution is 2.21. The molecule has 1 atom stereocenters. The summed E-state index contributed by atoms with van der Waals surface area (Å²) in [7, 11) is 0. The number of aromatic nitrogens is 1. The highest BCUT2D eigenvalue weighted by molar-refractivity contribution is 7.10. The average molecular weight is 316 g/mol. The summed E-state index contributed by atoms with van der Waals surface area (Å²) >= 11 is 1.74. The lowest BCUT2D eigenvalue weighted by molar-refractivity contribution is -0.133. The van der Waals surface area contributed by atoms with Gasteiger partial charge in [-0.1, -0.05) is 6.92 Å². The Kier molecular flexibility index (Phi) is 6.13. The molecule has 0 aliphatic rings. The molecule has 1 amide bonds. The first-order valence-corrected chi connectivity index (χ1v) is 8.71. The van der Waals surface area contributed by atoms with Crippen LogP contribution in [0.15, 0.2) is 36.0 Å². The number of carbonyl (C=O) groups excluding carboxylic acids is 1. The van der Waals surface area contributed by atoms with Crippen molar-refractivity contribution in [2.45, 2.75) is 52.6 Å². The summed E-state index contributed by atoms with van der Waals surface area (Å²) in [5.41, 5.74) is 2.44. The first kappa shape index (κ1) is 16.7. The molecular formula is C18H24N2OS. The van der Waals surface area contributed by atoms with E-state index in [-0.39, 0.29) is 11.9 Å². The Labute approximate surface area is 137 Å². The molecule has 0 saturated carbocycles. The molecule has 0 aliphatic carbocycles. The molecule has 2 rings (SSSR count). The lowest BCUT2D eigenvalue weighted by Crippen LogP contribution is -2.37. The highest BCUT2D eigenvalue weighted by atomic mass is 32.1. The number of carbonyl (C=O) groups is 1. The molecule has 0 bridgehead atoms. The lowest BCUT2D eigenvalue weighted by atomic mass is 10.1. The standard InChI is InChI=1S/C18H24N2OS/c1-4-15(3)20(13-17-14(2)9-12-22-17)18(21)6-5-16-7-10-19-11-8-16/h7-12,15H,4-6,13H2,1-3H3. The van der Waals surface area contributed by atoms with Crippen LogP contribution in [-0.4, -0.2) is 21.8 Å². The zero-order chi connectivity index (χ0) is 15.9. The molecule has 0 fully saturated rings. The molecule has 0 saturated heterocycles. The third-order valence-electron chi connectivity index (χ3n) is 4.10. The van der Waals surface area contributed by atoms with E-state index < -0.39 is 0 Å². The van der Waals surface area contributed by atoms with E-state index in [9.17, 15) is 4.79 Å². The fraction of sp³-hybridized carbons (Fsp3) is 0.444. The minimum atomic E-state index is 0.235. The average Bonchev–Trinajstić information content (AvgIpc) is 2.95. The largest absolute Gasteiger partial charge is 0.335 e. The number of thiophene rings is 1. The van der Waals surface area contributed by atoms with E-state index in [1.54, 1.807) is 23.7 Å². The summed E-state index contributed by atoms with van der Waals surface area (Å²) in [6.45, 7) is 7.11. The van der Waals surface area contributed by atoms with Gasteiger partial charge in [-0.25, -0.2) is 0 Å². The molecule has 0 aromatic carbocycles. The maximum absolute atomic E-state index is 12.7. The number of hydrogen-bond acceptors (Lipinski definition) is 3. The van der Waals surface area contributed by atoms with Gasteiger partial charge in [-0.05, 0) is 61.4 Å². The van der Waals surface area contributed by atoms with Crippen LogP contribution in [0.25, 0.3) is 0 Å². The van der Waals surface area contributed by atoms with Gasteiger partial charge in [0.25, 0.3) is 0 Å². The van der Waals surface area contributed by atoms with Crippen LogP contribution in [0.5, 0.6) is 0 Å². The molecule has 0 N–H and O–H groups in total. The van der Waals surface area contributed by atoms with E-state index in [2.05, 4.69) is 37.2 Å². The second-order valence-corrected chi connectivity index (χ2v) is 6.66. The highest BCUT2D eigenvalue weighted by Gasteiger charge is 2.20. The maximum Gasteiger partial charge on any atom is 0.223 e. The Hall–Kier alpha value is -1.68. The molecule has 3 nitrogen and oxygen atoms in total. The molecule has 1 unspecified atom stereocenters. The maximum atomic E-state index is 12.7. The van der Waals surface area contributed by atoms with Gasteiger partial charge in [0.05, 0.1) is 6.54 Å². The van der Waals surface area contributed by atoms with Gasteiger partial charge in [0.1, 0.15) is 0 Å². The quantitative estimate of drug-likeness (QED) is 0.766. The zero-order valence-electron chi connectivity index (χ0n) is 13.6. The van der Waals surface area contributed by atoms with Crippen LogP contribution >= 0.6 is 11.3 Å². The van der Waals surface area contributed by atoms with E-state index in [4.69, 9.17) is 0 Å². The second-order valence-electron chi connectivity index (χ2n) is 5.66. The molecule has 22 heavy (non-hydrogen) atoms. The minimum Gasteiger partial charge on any atom is -0.335 e. The molecule has 4 heteroatoms. The smallest absolute Gasteiger partial charge is 0.223 e. The van der Waals surface area contributed by atoms with Crippen molar-refractivity contribution in [1.82, 2.24) is 9.88 Å². The molecule has 2 aromatic heterocycles. The van der Waals surface area contributed by atoms with Crippen molar-refractivity contribution in [3.63, 3.8) is 0 Å². The van der Waals surface area contributed by atoms with Crippen LogP contribution in [0, 0.1) is 6.92 Å². The SMILES string of the molecule is CCC(C)N(Cc1sccc1C)C(=O)CCc1ccncc1. The number of aryl methyl sites for hydroxylation is 2. The van der Waals surface area contributed by atoms with Gasteiger partial charge in [0.2, 0.25) is 5.91 Å². The van der Waals surface area contributed by atoms with E-state index in [1.807, 2.05) is 17.0 Å². The van der Waals surface area contributed by atoms with Crippen LogP contribution in [0.3, 0.4) is 0 Å². The molecule has 0 spiro atoms. The van der Waals surface area contributed by atoms with Gasteiger partial charge in [-0.3, -0.25) is 9.78 Å². The van der Waals surface area contributed by atoms with Crippen molar-refractivity contribution in [3.8, 4) is 0 Å². The van der Waals surface area contributed by atoms with Crippen LogP contribution in [0.1, 0.15) is 42.7 Å². The molecule has 0 radical (unpaired) electrons. The molecule has 118 valence electrons. The predicted molar refractivity (Wildman–Crippen MR) is 91.9 cm³/mol. The van der Waals surface area contributed by atoms with Crippen molar-refractivity contribution in [2.75, 3.05) is 0 Å². The van der Waals surface area contributed by atoms with Gasteiger partial charge < -0.3 is 4.90 Å². The van der Waals surface area contributed by atoms with Crippen molar-refractivity contribution < 1.29 is 4.79 Å².